The number of carbonyl (C=O) groups is 1. The Bertz CT molecular complexity index is 1350. The summed E-state index contributed by atoms with van der Waals surface area (Å²) in [5.41, 5.74) is 0.164. The molecule has 0 amide bonds. The molecule has 0 radical (unpaired) electrons. The van der Waals surface area contributed by atoms with Crippen molar-refractivity contribution in [3.63, 3.8) is 0 Å². The van der Waals surface area contributed by atoms with E-state index >= 15 is 0 Å². The van der Waals surface area contributed by atoms with Gasteiger partial charge in [-0.1, -0.05) is 30.3 Å². The van der Waals surface area contributed by atoms with E-state index in [1.54, 1.807) is 43.3 Å². The Hall–Kier alpha value is -3.34. The fourth-order valence-electron chi connectivity index (χ4n) is 2.84. The number of nitriles is 1. The fourth-order valence-corrected chi connectivity index (χ4v) is 3.31. The van der Waals surface area contributed by atoms with E-state index in [0.717, 1.165) is 18.2 Å². The first-order chi connectivity index (χ1) is 14.8. The van der Waals surface area contributed by atoms with Crippen molar-refractivity contribution < 1.29 is 41.4 Å². The number of hydrogen-bond donors (Lipinski definition) is 1. The average molecular weight is 445 g/mol. The second-order valence-electron chi connectivity index (χ2n) is 6.25. The second kappa shape index (κ2) is 10.3. The molecule has 1 aromatic heterocycles. The first-order valence-corrected chi connectivity index (χ1v) is 10.4. The van der Waals surface area contributed by atoms with Gasteiger partial charge in [0.05, 0.1) is 28.4 Å². The van der Waals surface area contributed by atoms with Crippen LogP contribution < -0.4 is 24.4 Å². The van der Waals surface area contributed by atoms with E-state index in [1.807, 2.05) is 0 Å². The normalized spacial score (nSPS) is 11.3. The van der Waals surface area contributed by atoms with Gasteiger partial charge in [-0.2, -0.15) is 5.26 Å². The number of ether oxygens (including phenoxy) is 1. The quantitative estimate of drug-likeness (QED) is 0.172. The maximum Gasteiger partial charge on any atom is 1.00 e. The molecule has 0 saturated carbocycles. The summed E-state index contributed by atoms with van der Waals surface area (Å²) in [6.45, 7) is 1.64. The molecule has 0 aliphatic heterocycles. The van der Waals surface area contributed by atoms with Crippen LogP contribution in [0.5, 0.6) is 0 Å². The molecule has 0 saturated heterocycles. The summed E-state index contributed by atoms with van der Waals surface area (Å²) >= 11 is 0. The first kappa shape index (κ1) is 24.9. The predicted molar refractivity (Wildman–Crippen MR) is 110 cm³/mol. The van der Waals surface area contributed by atoms with E-state index in [9.17, 15) is 27.8 Å². The molecule has 9 nitrogen and oxygen atoms in total. The van der Waals surface area contributed by atoms with Crippen LogP contribution in [0.1, 0.15) is 12.5 Å². The van der Waals surface area contributed by atoms with Crippen molar-refractivity contribution in [1.29, 1.82) is 5.26 Å². The van der Waals surface area contributed by atoms with Crippen LogP contribution in [0.4, 0.5) is 0 Å². The molecular weight excluding hydrogens is 429 g/mol. The average Bonchev–Trinajstić information content (AvgIpc) is 3.08. The van der Waals surface area contributed by atoms with Gasteiger partial charge in [-0.05, 0) is 37.3 Å². The van der Waals surface area contributed by atoms with Gasteiger partial charge in [-0.15, -0.1) is 0 Å². The van der Waals surface area contributed by atoms with E-state index in [2.05, 4.69) is 5.10 Å². The summed E-state index contributed by atoms with van der Waals surface area (Å²) in [4.78, 5) is 24.7. The molecule has 0 unspecified atom stereocenters. The SMILES string of the molecule is CCOC(=O)/C(C#N)=C/c1c(-c2ccc(S(=O)(=O)[O-])cc2)[nH]n(-c2ccccc2)c1=O.[Li+]. The van der Waals surface area contributed by atoms with Crippen LogP contribution in [0, 0.1) is 11.3 Å². The Labute approximate surface area is 195 Å². The van der Waals surface area contributed by atoms with Crippen molar-refractivity contribution in [2.75, 3.05) is 6.61 Å². The number of esters is 1. The van der Waals surface area contributed by atoms with Gasteiger partial charge < -0.3 is 9.29 Å². The molecule has 1 heterocycles. The Kier molecular flexibility index (Phi) is 8.03. The minimum absolute atomic E-state index is 0. The monoisotopic (exact) mass is 445 g/mol. The molecule has 0 spiro atoms. The molecule has 0 fully saturated rings. The number of aromatic nitrogens is 2. The summed E-state index contributed by atoms with van der Waals surface area (Å²) in [6, 6.07) is 15.2. The van der Waals surface area contributed by atoms with Gasteiger partial charge >= 0.3 is 24.8 Å². The third-order valence-corrected chi connectivity index (χ3v) is 5.13. The molecule has 11 heteroatoms. The number of aromatic amines is 1. The van der Waals surface area contributed by atoms with Crippen molar-refractivity contribution in [2.45, 2.75) is 11.8 Å². The van der Waals surface area contributed by atoms with E-state index in [0.29, 0.717) is 11.3 Å². The Morgan fingerprint density at radius 3 is 2.34 bits per heavy atom. The molecule has 32 heavy (non-hydrogen) atoms. The zero-order chi connectivity index (χ0) is 22.6. The topological polar surface area (TPSA) is 145 Å². The number of benzene rings is 2. The van der Waals surface area contributed by atoms with Crippen molar-refractivity contribution >= 4 is 22.2 Å². The Balaban J connectivity index is 0.00000363. The molecule has 3 rings (SSSR count). The van der Waals surface area contributed by atoms with Crippen molar-refractivity contribution in [3.05, 3.63) is 76.1 Å². The summed E-state index contributed by atoms with van der Waals surface area (Å²) in [7, 11) is -4.64. The molecule has 3 aromatic rings. The Morgan fingerprint density at radius 2 is 1.81 bits per heavy atom. The number of nitrogens with zero attached hydrogens (tertiary/aromatic N) is 2. The maximum absolute atomic E-state index is 13.1. The molecule has 1 N–H and O–H groups in total. The van der Waals surface area contributed by atoms with Gasteiger partial charge in [-0.25, -0.2) is 17.9 Å². The molecule has 158 valence electrons. The van der Waals surface area contributed by atoms with Gasteiger partial charge in [0.1, 0.15) is 21.8 Å². The van der Waals surface area contributed by atoms with Crippen LogP contribution in [0.25, 0.3) is 23.0 Å². The van der Waals surface area contributed by atoms with Crippen molar-refractivity contribution in [2.24, 2.45) is 0 Å². The third kappa shape index (κ3) is 5.28. The molecular formula is C21H16LiN3O6S. The molecule has 0 aliphatic rings. The predicted octanol–water partition coefficient (Wildman–Crippen LogP) is -0.789. The van der Waals surface area contributed by atoms with Crippen molar-refractivity contribution in [3.8, 4) is 23.0 Å². The summed E-state index contributed by atoms with van der Waals surface area (Å²) < 4.78 is 39.7. The van der Waals surface area contributed by atoms with Gasteiger partial charge in [-0.3, -0.25) is 9.89 Å². The van der Waals surface area contributed by atoms with Gasteiger partial charge in [0.25, 0.3) is 5.56 Å². The maximum atomic E-state index is 13.1. The van der Waals surface area contributed by atoms with E-state index in [1.165, 1.54) is 16.8 Å². The van der Waals surface area contributed by atoms with Crippen molar-refractivity contribution in [1.82, 2.24) is 9.78 Å². The van der Waals surface area contributed by atoms with E-state index in [4.69, 9.17) is 4.74 Å². The molecule has 2 aromatic carbocycles. The number of nitrogens with one attached hydrogen (secondary N) is 1. The van der Waals surface area contributed by atoms with Crippen LogP contribution in [0.3, 0.4) is 0 Å². The van der Waals surface area contributed by atoms with Crippen LogP contribution in [-0.2, 0) is 19.6 Å². The van der Waals surface area contributed by atoms with Crippen LogP contribution in [-0.4, -0.2) is 35.3 Å². The zero-order valence-electron chi connectivity index (χ0n) is 17.2. The zero-order valence-corrected chi connectivity index (χ0v) is 18.0. The Morgan fingerprint density at radius 1 is 1.19 bits per heavy atom. The third-order valence-electron chi connectivity index (χ3n) is 4.28. The van der Waals surface area contributed by atoms with E-state index < -0.39 is 26.5 Å². The fraction of sp³-hybridized carbons (Fsp3) is 0.0952. The number of hydrogen-bond acceptors (Lipinski definition) is 7. The first-order valence-electron chi connectivity index (χ1n) is 9.02. The molecule has 0 atom stereocenters. The molecule has 0 aliphatic carbocycles. The van der Waals surface area contributed by atoms with Gasteiger partial charge in [0.2, 0.25) is 0 Å². The molecule has 0 bridgehead atoms. The summed E-state index contributed by atoms with van der Waals surface area (Å²) in [6.07, 6.45) is 1.11. The van der Waals surface area contributed by atoms with Gasteiger partial charge in [0, 0.05) is 5.56 Å². The number of carbonyl (C=O) groups excluding carboxylic acids is 1. The van der Waals surface area contributed by atoms with Crippen LogP contribution in [0.15, 0.2) is 69.9 Å². The van der Waals surface area contributed by atoms with Gasteiger partial charge in [0.15, 0.2) is 0 Å². The van der Waals surface area contributed by atoms with E-state index in [-0.39, 0.29) is 42.3 Å². The minimum atomic E-state index is -4.64. The van der Waals surface area contributed by atoms with Crippen LogP contribution >= 0.6 is 0 Å². The number of H-pyrrole nitrogens is 1. The summed E-state index contributed by atoms with van der Waals surface area (Å²) in [5, 5.41) is 12.3. The number of rotatable bonds is 6. The van der Waals surface area contributed by atoms with Crippen LogP contribution in [0.2, 0.25) is 0 Å². The smallest absolute Gasteiger partial charge is 0.744 e. The largest absolute Gasteiger partial charge is 1.00 e. The number of para-hydroxylation sites is 1. The second-order valence-corrected chi connectivity index (χ2v) is 7.63. The summed E-state index contributed by atoms with van der Waals surface area (Å²) in [5.74, 6) is -0.879. The standard InChI is InChI=1S/C21H17N3O6S.Li/c1-2-30-21(26)15(13-22)12-18-19(14-8-10-17(11-9-14)31(27,28)29)23-24(20(18)25)16-6-4-3-5-7-16;/h3-12,23H,2H2,1H3,(H,27,28,29);/q;+1/p-1/b15-12+;. The minimum Gasteiger partial charge on any atom is -0.744 e.